The molecule has 4 heterocycles. The fourth-order valence-electron chi connectivity index (χ4n) is 7.94. The fraction of sp³-hybridized carbons (Fsp3) is 0.325. The van der Waals surface area contributed by atoms with Crippen LogP contribution in [-0.4, -0.2) is 121 Å². The van der Waals surface area contributed by atoms with Crippen molar-refractivity contribution in [2.45, 2.75) is 67.0 Å². The summed E-state index contributed by atoms with van der Waals surface area (Å²) in [6.45, 7) is -1.21. The van der Waals surface area contributed by atoms with Crippen LogP contribution in [0, 0.1) is 0 Å². The molecule has 286 valence electrons. The van der Waals surface area contributed by atoms with E-state index in [1.807, 2.05) is 24.3 Å². The largest absolute Gasteiger partial charge is 0.462 e. The molecule has 10 unspecified atom stereocenters. The molecule has 15 nitrogen and oxygen atoms in total. The van der Waals surface area contributed by atoms with Gasteiger partial charge in [0.2, 0.25) is 12.6 Å². The molecule has 0 amide bonds. The summed E-state index contributed by atoms with van der Waals surface area (Å²) in [7, 11) is 0. The zero-order valence-electron chi connectivity index (χ0n) is 28.7. The number of rotatable bonds is 6. The van der Waals surface area contributed by atoms with Crippen molar-refractivity contribution in [3.05, 3.63) is 107 Å². The number of carbonyl (C=O) groups excluding carboxylic acids is 1. The van der Waals surface area contributed by atoms with Crippen molar-refractivity contribution in [2.24, 2.45) is 0 Å². The minimum absolute atomic E-state index is 0.248. The normalized spacial score (nSPS) is 32.4. The summed E-state index contributed by atoms with van der Waals surface area (Å²) >= 11 is 0. The Morgan fingerprint density at radius 2 is 1.05 bits per heavy atom. The molecule has 0 aliphatic carbocycles. The van der Waals surface area contributed by atoms with Crippen molar-refractivity contribution in [2.75, 3.05) is 13.2 Å². The van der Waals surface area contributed by atoms with Crippen molar-refractivity contribution in [1.29, 1.82) is 0 Å². The molecule has 10 atom stereocenters. The van der Waals surface area contributed by atoms with Crippen LogP contribution in [0.2, 0.25) is 0 Å². The minimum Gasteiger partial charge on any atom is -0.462 e. The van der Waals surface area contributed by atoms with E-state index in [0.717, 1.165) is 0 Å². The summed E-state index contributed by atoms with van der Waals surface area (Å²) in [5.41, 5.74) is 0.740. The molecule has 0 saturated carbocycles. The second-order valence-corrected chi connectivity index (χ2v) is 14.0. The SMILES string of the molecule is O=C1OC2(c3ccccc31)c1ccc3cc(OC4OC(CO)C(O)C(O)C4O)ccc3c1Oc1c2ccc2cc(OC3OC(CO)C(O)C(O)C3O)ccc12. The second-order valence-electron chi connectivity index (χ2n) is 14.0. The van der Waals surface area contributed by atoms with Gasteiger partial charge >= 0.3 is 5.97 Å². The van der Waals surface area contributed by atoms with Gasteiger partial charge in [-0.05, 0) is 65.4 Å². The molecule has 0 radical (unpaired) electrons. The molecule has 0 bridgehead atoms. The van der Waals surface area contributed by atoms with Gasteiger partial charge in [0.1, 0.15) is 71.8 Å². The molecule has 55 heavy (non-hydrogen) atoms. The van der Waals surface area contributed by atoms with E-state index in [0.29, 0.717) is 55.3 Å². The fourth-order valence-corrected chi connectivity index (χ4v) is 7.94. The van der Waals surface area contributed by atoms with Gasteiger partial charge in [-0.3, -0.25) is 0 Å². The lowest BCUT2D eigenvalue weighted by Gasteiger charge is -2.39. The van der Waals surface area contributed by atoms with Crippen LogP contribution in [0.3, 0.4) is 0 Å². The van der Waals surface area contributed by atoms with E-state index in [4.69, 9.17) is 28.4 Å². The van der Waals surface area contributed by atoms with Crippen molar-refractivity contribution in [1.82, 2.24) is 0 Å². The van der Waals surface area contributed by atoms with Crippen molar-refractivity contribution in [3.63, 3.8) is 0 Å². The van der Waals surface area contributed by atoms with Crippen LogP contribution >= 0.6 is 0 Å². The van der Waals surface area contributed by atoms with Gasteiger partial charge in [-0.1, -0.05) is 30.3 Å². The van der Waals surface area contributed by atoms with Crippen LogP contribution in [-0.2, 0) is 19.8 Å². The van der Waals surface area contributed by atoms with Crippen LogP contribution in [0.1, 0.15) is 27.0 Å². The highest BCUT2D eigenvalue weighted by Gasteiger charge is 2.54. The number of aliphatic hydroxyl groups excluding tert-OH is 8. The molecular formula is C40H36O15. The van der Waals surface area contributed by atoms with Gasteiger partial charge in [0.15, 0.2) is 5.60 Å². The third-order valence-electron chi connectivity index (χ3n) is 10.8. The van der Waals surface area contributed by atoms with E-state index in [9.17, 15) is 45.6 Å². The Morgan fingerprint density at radius 1 is 0.564 bits per heavy atom. The van der Waals surface area contributed by atoms with Gasteiger partial charge in [-0.15, -0.1) is 0 Å². The van der Waals surface area contributed by atoms with Crippen LogP contribution in [0.25, 0.3) is 21.5 Å². The van der Waals surface area contributed by atoms with E-state index in [-0.39, 0.29) is 11.5 Å². The van der Waals surface area contributed by atoms with Crippen LogP contribution in [0.15, 0.2) is 84.9 Å². The molecule has 0 aromatic heterocycles. The maximum absolute atomic E-state index is 13.5. The highest BCUT2D eigenvalue weighted by atomic mass is 16.7. The first kappa shape index (κ1) is 35.8. The standard InChI is InChI=1S/C40H36O15/c41-15-27-29(43)31(45)33(47)38(52-27)50-19-7-9-21-17(13-19)5-11-25-35(21)54-36-22-10-8-20(51-39-34(48)32(46)30(44)28(16-42)53-39)14-18(22)6-12-26(36)40(25)24-4-2-1-3-23(24)37(49)55-40/h1-14,27-34,38-39,41-48H,15-16H2. The number of aliphatic hydroxyl groups is 8. The van der Waals surface area contributed by atoms with Gasteiger partial charge < -0.3 is 69.3 Å². The number of esters is 1. The molecule has 15 heteroatoms. The maximum Gasteiger partial charge on any atom is 0.340 e. The lowest BCUT2D eigenvalue weighted by Crippen LogP contribution is -2.60. The molecule has 5 aromatic carbocycles. The molecule has 2 fully saturated rings. The summed E-state index contributed by atoms with van der Waals surface area (Å²) in [6, 6.07) is 24.4. The van der Waals surface area contributed by atoms with Crippen LogP contribution in [0.4, 0.5) is 0 Å². The first-order chi connectivity index (χ1) is 26.5. The number of ether oxygens (including phenoxy) is 6. The highest BCUT2D eigenvalue weighted by molar-refractivity contribution is 6.01. The number of fused-ring (bicyclic) bond motifs is 10. The quantitative estimate of drug-likeness (QED) is 0.113. The zero-order chi connectivity index (χ0) is 38.3. The lowest BCUT2D eigenvalue weighted by atomic mass is 9.76. The Balaban J connectivity index is 1.13. The van der Waals surface area contributed by atoms with Crippen molar-refractivity contribution in [3.8, 4) is 23.0 Å². The molecular weight excluding hydrogens is 720 g/mol. The van der Waals surface area contributed by atoms with E-state index in [1.165, 1.54) is 0 Å². The van der Waals surface area contributed by atoms with Crippen LogP contribution < -0.4 is 14.2 Å². The van der Waals surface area contributed by atoms with E-state index >= 15 is 0 Å². The Morgan fingerprint density at radius 3 is 1.55 bits per heavy atom. The Hall–Kier alpha value is -4.91. The average Bonchev–Trinajstić information content (AvgIpc) is 3.49. The summed E-state index contributed by atoms with van der Waals surface area (Å²) in [6.07, 6.45) is -14.6. The molecule has 4 aliphatic rings. The Kier molecular flexibility index (Phi) is 8.71. The third kappa shape index (κ3) is 5.47. The molecule has 2 saturated heterocycles. The van der Waals surface area contributed by atoms with E-state index < -0.39 is 86.2 Å². The van der Waals surface area contributed by atoms with E-state index in [1.54, 1.807) is 60.7 Å². The Bertz CT molecular complexity index is 2180. The predicted molar refractivity (Wildman–Crippen MR) is 188 cm³/mol. The molecule has 1 spiro atoms. The summed E-state index contributed by atoms with van der Waals surface area (Å²) in [5.74, 6) is 0.766. The van der Waals surface area contributed by atoms with Gasteiger partial charge in [0.25, 0.3) is 0 Å². The maximum atomic E-state index is 13.5. The van der Waals surface area contributed by atoms with Crippen molar-refractivity contribution >= 4 is 27.5 Å². The lowest BCUT2D eigenvalue weighted by molar-refractivity contribution is -0.277. The van der Waals surface area contributed by atoms with Gasteiger partial charge in [-0.25, -0.2) is 4.79 Å². The summed E-state index contributed by atoms with van der Waals surface area (Å²) < 4.78 is 36.0. The first-order valence-corrected chi connectivity index (χ1v) is 17.6. The van der Waals surface area contributed by atoms with Gasteiger partial charge in [-0.2, -0.15) is 0 Å². The smallest absolute Gasteiger partial charge is 0.340 e. The zero-order valence-corrected chi connectivity index (χ0v) is 28.7. The summed E-state index contributed by atoms with van der Waals surface area (Å²) in [4.78, 5) is 13.5. The monoisotopic (exact) mass is 756 g/mol. The number of benzene rings is 5. The predicted octanol–water partition coefficient (Wildman–Crippen LogP) is 0.918. The highest BCUT2D eigenvalue weighted by Crippen LogP contribution is 2.59. The van der Waals surface area contributed by atoms with E-state index in [2.05, 4.69) is 0 Å². The minimum atomic E-state index is -1.62. The van der Waals surface area contributed by atoms with Crippen molar-refractivity contribution < 1.29 is 74.1 Å². The topological polar surface area (TPSA) is 234 Å². The number of hydrogen-bond acceptors (Lipinski definition) is 15. The summed E-state index contributed by atoms with van der Waals surface area (Å²) in [5, 5.41) is 83.7. The van der Waals surface area contributed by atoms with Gasteiger partial charge in [0, 0.05) is 27.5 Å². The number of carbonyl (C=O) groups is 1. The molecule has 9 rings (SSSR count). The van der Waals surface area contributed by atoms with Gasteiger partial charge in [0.05, 0.1) is 18.8 Å². The molecule has 5 aromatic rings. The number of hydrogen-bond donors (Lipinski definition) is 8. The Labute approximate surface area is 311 Å². The average molecular weight is 757 g/mol. The first-order valence-electron chi connectivity index (χ1n) is 17.6. The second kappa shape index (κ2) is 13.4. The molecule has 4 aliphatic heterocycles. The van der Waals surface area contributed by atoms with Crippen LogP contribution in [0.5, 0.6) is 23.0 Å². The molecule has 8 N–H and O–H groups in total. The third-order valence-corrected chi connectivity index (χ3v) is 10.8.